The van der Waals surface area contributed by atoms with Gasteiger partial charge in [0, 0.05) is 6.04 Å². The Kier molecular flexibility index (Phi) is 6.63. The molecule has 0 bridgehead atoms. The van der Waals surface area contributed by atoms with Crippen LogP contribution >= 0.6 is 0 Å². The van der Waals surface area contributed by atoms with Crippen molar-refractivity contribution in [3.63, 3.8) is 0 Å². The maximum absolute atomic E-state index is 7.76. The van der Waals surface area contributed by atoms with Gasteiger partial charge in [-0.05, 0) is 18.8 Å². The van der Waals surface area contributed by atoms with Gasteiger partial charge in [0.25, 0.3) is 0 Å². The molecular formula is C10H22N. The van der Waals surface area contributed by atoms with Gasteiger partial charge in [0.2, 0.25) is 0 Å². The zero-order valence-corrected chi connectivity index (χ0v) is 8.19. The Bertz CT molecular complexity index is 80.9. The normalized spacial score (nSPS) is 16.4. The molecule has 0 aliphatic heterocycles. The van der Waals surface area contributed by atoms with Crippen molar-refractivity contribution >= 4 is 0 Å². The van der Waals surface area contributed by atoms with Crippen molar-refractivity contribution in [2.45, 2.75) is 58.9 Å². The lowest BCUT2D eigenvalue weighted by atomic mass is 9.90. The highest BCUT2D eigenvalue weighted by atomic mass is 14.6. The Hall–Kier alpha value is -0.0400. The predicted molar refractivity (Wildman–Crippen MR) is 50.5 cm³/mol. The van der Waals surface area contributed by atoms with E-state index in [1.807, 2.05) is 0 Å². The van der Waals surface area contributed by atoms with Crippen LogP contribution in [0.1, 0.15) is 52.9 Å². The van der Waals surface area contributed by atoms with E-state index in [0.717, 1.165) is 6.42 Å². The Morgan fingerprint density at radius 2 is 1.73 bits per heavy atom. The second-order valence-corrected chi connectivity index (χ2v) is 3.33. The topological polar surface area (TPSA) is 23.8 Å². The number of rotatable bonds is 6. The van der Waals surface area contributed by atoms with Crippen LogP contribution in [0.25, 0.3) is 0 Å². The first-order chi connectivity index (χ1) is 5.26. The first-order valence-corrected chi connectivity index (χ1v) is 4.97. The molecule has 1 heteroatoms. The van der Waals surface area contributed by atoms with Gasteiger partial charge in [-0.3, -0.25) is 5.73 Å². The van der Waals surface area contributed by atoms with E-state index in [0.29, 0.717) is 5.92 Å². The number of nitrogens with one attached hydrogen (secondary N) is 1. The van der Waals surface area contributed by atoms with Crippen LogP contribution in [0.2, 0.25) is 0 Å². The van der Waals surface area contributed by atoms with Gasteiger partial charge < -0.3 is 0 Å². The Balaban J connectivity index is 3.56. The van der Waals surface area contributed by atoms with Crippen molar-refractivity contribution in [1.29, 1.82) is 0 Å². The van der Waals surface area contributed by atoms with Crippen LogP contribution < -0.4 is 5.73 Å². The molecule has 67 valence electrons. The lowest BCUT2D eigenvalue weighted by Crippen LogP contribution is -2.20. The molecule has 0 aliphatic carbocycles. The third-order valence-electron chi connectivity index (χ3n) is 2.46. The smallest absolute Gasteiger partial charge is 0.0238 e. The fourth-order valence-electron chi connectivity index (χ4n) is 1.49. The highest BCUT2D eigenvalue weighted by molar-refractivity contribution is 4.69. The Morgan fingerprint density at radius 1 is 1.09 bits per heavy atom. The molecule has 0 aromatic heterocycles. The van der Waals surface area contributed by atoms with Crippen molar-refractivity contribution in [2.24, 2.45) is 5.92 Å². The summed E-state index contributed by atoms with van der Waals surface area (Å²) in [6.45, 7) is 6.54. The first-order valence-electron chi connectivity index (χ1n) is 4.97. The van der Waals surface area contributed by atoms with Crippen LogP contribution in [0, 0.1) is 5.92 Å². The van der Waals surface area contributed by atoms with Crippen molar-refractivity contribution < 1.29 is 0 Å². The van der Waals surface area contributed by atoms with Gasteiger partial charge in [0.15, 0.2) is 0 Å². The maximum atomic E-state index is 7.76. The maximum Gasteiger partial charge on any atom is 0.0238 e. The van der Waals surface area contributed by atoms with E-state index in [-0.39, 0.29) is 6.04 Å². The van der Waals surface area contributed by atoms with E-state index in [1.165, 1.54) is 25.7 Å². The molecular weight excluding hydrogens is 134 g/mol. The molecule has 1 N–H and O–H groups in total. The summed E-state index contributed by atoms with van der Waals surface area (Å²) in [6.07, 6.45) is 6.03. The van der Waals surface area contributed by atoms with E-state index in [2.05, 4.69) is 20.8 Å². The molecule has 0 saturated carbocycles. The summed E-state index contributed by atoms with van der Waals surface area (Å²) in [7, 11) is 0. The average molecular weight is 156 g/mol. The first kappa shape index (κ1) is 11.0. The average Bonchev–Trinajstić information content (AvgIpc) is 2.05. The van der Waals surface area contributed by atoms with Crippen LogP contribution in [-0.2, 0) is 0 Å². The van der Waals surface area contributed by atoms with Gasteiger partial charge in [-0.25, -0.2) is 0 Å². The highest BCUT2D eigenvalue weighted by Gasteiger charge is 2.13. The van der Waals surface area contributed by atoms with E-state index >= 15 is 0 Å². The molecule has 2 unspecified atom stereocenters. The molecule has 0 aromatic carbocycles. The number of unbranched alkanes of at least 4 members (excludes halogenated alkanes) is 1. The fourth-order valence-corrected chi connectivity index (χ4v) is 1.49. The van der Waals surface area contributed by atoms with Gasteiger partial charge in [-0.2, -0.15) is 0 Å². The number of hydrogen-bond donors (Lipinski definition) is 0. The summed E-state index contributed by atoms with van der Waals surface area (Å²) in [5.41, 5.74) is 7.76. The largest absolute Gasteiger partial charge is 0.254 e. The van der Waals surface area contributed by atoms with Crippen LogP contribution in [-0.4, -0.2) is 6.04 Å². The van der Waals surface area contributed by atoms with Crippen LogP contribution in [0.4, 0.5) is 0 Å². The van der Waals surface area contributed by atoms with Crippen LogP contribution in [0.5, 0.6) is 0 Å². The van der Waals surface area contributed by atoms with E-state index < -0.39 is 0 Å². The highest BCUT2D eigenvalue weighted by Crippen LogP contribution is 2.17. The zero-order valence-electron chi connectivity index (χ0n) is 8.19. The standard InChI is InChI=1S/C10H22N/c1-4-7-8-9(5-2)10(11)6-3/h9-11H,4-8H2,1-3H3. The monoisotopic (exact) mass is 156 g/mol. The summed E-state index contributed by atoms with van der Waals surface area (Å²) in [6, 6.07) is 0.187. The van der Waals surface area contributed by atoms with Gasteiger partial charge >= 0.3 is 0 Å². The van der Waals surface area contributed by atoms with Gasteiger partial charge in [-0.1, -0.05) is 40.0 Å². The van der Waals surface area contributed by atoms with E-state index in [4.69, 9.17) is 5.73 Å². The lowest BCUT2D eigenvalue weighted by Gasteiger charge is -2.19. The van der Waals surface area contributed by atoms with Crippen LogP contribution in [0.3, 0.4) is 0 Å². The summed E-state index contributed by atoms with van der Waals surface area (Å²) in [4.78, 5) is 0. The molecule has 0 saturated heterocycles. The molecule has 0 aromatic rings. The molecule has 0 amide bonds. The quantitative estimate of drug-likeness (QED) is 0.563. The molecule has 0 heterocycles. The van der Waals surface area contributed by atoms with E-state index in [1.54, 1.807) is 0 Å². The Morgan fingerprint density at radius 3 is 2.09 bits per heavy atom. The minimum absolute atomic E-state index is 0.187. The molecule has 0 spiro atoms. The molecule has 1 radical (unpaired) electrons. The summed E-state index contributed by atoms with van der Waals surface area (Å²) in [5.74, 6) is 0.653. The summed E-state index contributed by atoms with van der Waals surface area (Å²) in [5, 5.41) is 0. The van der Waals surface area contributed by atoms with E-state index in [9.17, 15) is 0 Å². The SMILES string of the molecule is CCCCC(CC)C([NH])CC. The molecule has 0 rings (SSSR count). The fraction of sp³-hybridized carbons (Fsp3) is 1.00. The van der Waals surface area contributed by atoms with Gasteiger partial charge in [-0.15, -0.1) is 0 Å². The summed E-state index contributed by atoms with van der Waals surface area (Å²) >= 11 is 0. The van der Waals surface area contributed by atoms with Crippen molar-refractivity contribution in [2.75, 3.05) is 0 Å². The van der Waals surface area contributed by atoms with Gasteiger partial charge in [0.1, 0.15) is 0 Å². The van der Waals surface area contributed by atoms with Crippen molar-refractivity contribution in [3.8, 4) is 0 Å². The lowest BCUT2D eigenvalue weighted by molar-refractivity contribution is 0.356. The number of hydrogen-bond acceptors (Lipinski definition) is 0. The van der Waals surface area contributed by atoms with Gasteiger partial charge in [0.05, 0.1) is 0 Å². The second kappa shape index (κ2) is 6.66. The molecule has 2 atom stereocenters. The third kappa shape index (κ3) is 4.41. The third-order valence-corrected chi connectivity index (χ3v) is 2.46. The predicted octanol–water partition coefficient (Wildman–Crippen LogP) is 3.26. The molecule has 0 fully saturated rings. The minimum atomic E-state index is 0.187. The van der Waals surface area contributed by atoms with Crippen LogP contribution in [0.15, 0.2) is 0 Å². The second-order valence-electron chi connectivity index (χ2n) is 3.33. The molecule has 0 aliphatic rings. The summed E-state index contributed by atoms with van der Waals surface area (Å²) < 4.78 is 0. The zero-order chi connectivity index (χ0) is 8.69. The molecule has 11 heavy (non-hydrogen) atoms. The molecule has 1 nitrogen and oxygen atoms in total. The Labute approximate surface area is 71.4 Å². The van der Waals surface area contributed by atoms with Crippen molar-refractivity contribution in [3.05, 3.63) is 0 Å². The minimum Gasteiger partial charge on any atom is -0.254 e. The van der Waals surface area contributed by atoms with Crippen molar-refractivity contribution in [1.82, 2.24) is 5.73 Å².